The predicted molar refractivity (Wildman–Crippen MR) is 99.6 cm³/mol. The molecule has 5 nitrogen and oxygen atoms in total. The molecule has 1 fully saturated rings. The number of nitrogens with one attached hydrogen (secondary N) is 1. The number of hydrogen-bond acceptors (Lipinski definition) is 5. The lowest BCUT2D eigenvalue weighted by Crippen LogP contribution is -2.44. The van der Waals surface area contributed by atoms with E-state index in [-0.39, 0.29) is 17.7 Å². The molecule has 134 valence electrons. The first kappa shape index (κ1) is 18.3. The number of carbonyl (C=O) groups is 1. The third-order valence-electron chi connectivity index (χ3n) is 4.88. The molecule has 1 heterocycles. The molecule has 0 unspecified atom stereocenters. The minimum Gasteiger partial charge on any atom is -0.411 e. The van der Waals surface area contributed by atoms with Gasteiger partial charge in [-0.1, -0.05) is 50.1 Å². The zero-order valence-corrected chi connectivity index (χ0v) is 15.9. The van der Waals surface area contributed by atoms with Gasteiger partial charge in [0.05, 0.1) is 5.75 Å². The maximum atomic E-state index is 12.2. The van der Waals surface area contributed by atoms with Gasteiger partial charge in [-0.15, -0.1) is 10.2 Å². The molecule has 3 rings (SSSR count). The fourth-order valence-electron chi connectivity index (χ4n) is 3.14. The van der Waals surface area contributed by atoms with Crippen molar-refractivity contribution in [2.24, 2.45) is 11.8 Å². The van der Waals surface area contributed by atoms with Gasteiger partial charge in [0.15, 0.2) is 0 Å². The minimum atomic E-state index is 0.0159. The molecular formula is C18H22ClN3O2S. The molecule has 1 saturated carbocycles. The number of benzene rings is 1. The molecule has 0 spiro atoms. The van der Waals surface area contributed by atoms with Crippen LogP contribution in [-0.2, 0) is 4.79 Å². The maximum Gasteiger partial charge on any atom is 0.277 e. The molecular weight excluding hydrogens is 358 g/mol. The summed E-state index contributed by atoms with van der Waals surface area (Å²) in [6.45, 7) is 4.48. The Morgan fingerprint density at radius 1 is 1.28 bits per heavy atom. The molecule has 1 N–H and O–H groups in total. The Balaban J connectivity index is 1.52. The van der Waals surface area contributed by atoms with Crippen molar-refractivity contribution >= 4 is 29.3 Å². The molecule has 1 aromatic carbocycles. The van der Waals surface area contributed by atoms with Gasteiger partial charge in [0.25, 0.3) is 5.22 Å². The average Bonchev–Trinajstić information content (AvgIpc) is 3.07. The largest absolute Gasteiger partial charge is 0.411 e. The third kappa shape index (κ3) is 4.76. The van der Waals surface area contributed by atoms with Crippen LogP contribution in [0.2, 0.25) is 5.02 Å². The minimum absolute atomic E-state index is 0.0159. The lowest BCUT2D eigenvalue weighted by atomic mass is 9.78. The van der Waals surface area contributed by atoms with Crippen molar-refractivity contribution in [1.29, 1.82) is 0 Å². The van der Waals surface area contributed by atoms with E-state index in [2.05, 4.69) is 29.4 Å². The van der Waals surface area contributed by atoms with Gasteiger partial charge < -0.3 is 9.73 Å². The lowest BCUT2D eigenvalue weighted by molar-refractivity contribution is -0.120. The molecule has 0 bridgehead atoms. The topological polar surface area (TPSA) is 68.0 Å². The average molecular weight is 380 g/mol. The number of halogens is 1. The molecule has 1 aromatic heterocycles. The monoisotopic (exact) mass is 379 g/mol. The highest BCUT2D eigenvalue weighted by atomic mass is 35.5. The number of thioether (sulfide) groups is 1. The Hall–Kier alpha value is -1.53. The lowest BCUT2D eigenvalue weighted by Gasteiger charge is -2.34. The molecule has 1 aliphatic rings. The first-order valence-electron chi connectivity index (χ1n) is 8.54. The summed E-state index contributed by atoms with van der Waals surface area (Å²) in [6, 6.07) is 7.45. The number of rotatable bonds is 5. The first-order chi connectivity index (χ1) is 12.0. The van der Waals surface area contributed by atoms with Crippen LogP contribution in [0.3, 0.4) is 0 Å². The second-order valence-electron chi connectivity index (χ2n) is 6.61. The molecule has 1 amide bonds. The van der Waals surface area contributed by atoms with Crippen molar-refractivity contribution in [3.8, 4) is 11.5 Å². The summed E-state index contributed by atoms with van der Waals surface area (Å²) in [7, 11) is 0. The van der Waals surface area contributed by atoms with E-state index in [0.29, 0.717) is 28.0 Å². The second-order valence-corrected chi connectivity index (χ2v) is 7.97. The van der Waals surface area contributed by atoms with Crippen LogP contribution in [0.1, 0.15) is 33.1 Å². The van der Waals surface area contributed by atoms with Crippen molar-refractivity contribution in [3.05, 3.63) is 29.3 Å². The number of amides is 1. The van der Waals surface area contributed by atoms with E-state index < -0.39 is 0 Å². The fourth-order valence-corrected chi connectivity index (χ4v) is 3.84. The maximum absolute atomic E-state index is 12.2. The van der Waals surface area contributed by atoms with Crippen molar-refractivity contribution < 1.29 is 9.21 Å². The number of aromatic nitrogens is 2. The van der Waals surface area contributed by atoms with Crippen molar-refractivity contribution in [3.63, 3.8) is 0 Å². The van der Waals surface area contributed by atoms with E-state index in [1.54, 1.807) is 12.1 Å². The number of carbonyl (C=O) groups excluding carboxylic acids is 1. The number of hydrogen-bond donors (Lipinski definition) is 1. The van der Waals surface area contributed by atoms with Crippen LogP contribution in [0.25, 0.3) is 11.5 Å². The Morgan fingerprint density at radius 2 is 2.04 bits per heavy atom. The van der Waals surface area contributed by atoms with Gasteiger partial charge in [-0.05, 0) is 42.5 Å². The van der Waals surface area contributed by atoms with Crippen LogP contribution >= 0.6 is 23.4 Å². The van der Waals surface area contributed by atoms with Gasteiger partial charge in [0, 0.05) is 16.6 Å². The Morgan fingerprint density at radius 3 is 2.80 bits per heavy atom. The molecule has 0 saturated heterocycles. The van der Waals surface area contributed by atoms with E-state index in [0.717, 1.165) is 12.0 Å². The van der Waals surface area contributed by atoms with Gasteiger partial charge in [-0.2, -0.15) is 0 Å². The van der Waals surface area contributed by atoms with E-state index in [9.17, 15) is 4.79 Å². The van der Waals surface area contributed by atoms with Gasteiger partial charge in [0.2, 0.25) is 11.8 Å². The summed E-state index contributed by atoms with van der Waals surface area (Å²) in [6.07, 6.45) is 3.48. The van der Waals surface area contributed by atoms with Crippen molar-refractivity contribution in [1.82, 2.24) is 15.5 Å². The summed E-state index contributed by atoms with van der Waals surface area (Å²) >= 11 is 7.13. The molecule has 25 heavy (non-hydrogen) atoms. The summed E-state index contributed by atoms with van der Waals surface area (Å²) in [5.74, 6) is 1.89. The standard InChI is InChI=1S/C18H22ClN3O2S/c1-11-4-3-5-15(12(11)2)20-16(23)10-25-18-22-21-17(24-18)13-6-8-14(19)9-7-13/h6-9,11-12,15H,3-5,10H2,1-2H3,(H,20,23)/t11-,12+,15+/m0/s1. The Bertz CT molecular complexity index is 719. The van der Waals surface area contributed by atoms with Crippen LogP contribution in [0.15, 0.2) is 33.9 Å². The first-order valence-corrected chi connectivity index (χ1v) is 9.91. The molecule has 0 aliphatic heterocycles. The number of nitrogens with zero attached hydrogens (tertiary/aromatic N) is 2. The molecule has 3 atom stereocenters. The zero-order chi connectivity index (χ0) is 17.8. The molecule has 1 aliphatic carbocycles. The van der Waals surface area contributed by atoms with Crippen LogP contribution in [0, 0.1) is 11.8 Å². The second kappa shape index (κ2) is 8.23. The van der Waals surface area contributed by atoms with Gasteiger partial charge in [0.1, 0.15) is 0 Å². The quantitative estimate of drug-likeness (QED) is 0.778. The highest BCUT2D eigenvalue weighted by molar-refractivity contribution is 7.99. The van der Waals surface area contributed by atoms with Gasteiger partial charge in [-0.25, -0.2) is 0 Å². The summed E-state index contributed by atoms with van der Waals surface area (Å²) in [5.41, 5.74) is 0.804. The van der Waals surface area contributed by atoms with Gasteiger partial charge in [-0.3, -0.25) is 4.79 Å². The normalized spacial score (nSPS) is 23.4. The van der Waals surface area contributed by atoms with Gasteiger partial charge >= 0.3 is 0 Å². The van der Waals surface area contributed by atoms with Crippen molar-refractivity contribution in [2.45, 2.75) is 44.4 Å². The molecule has 2 aromatic rings. The summed E-state index contributed by atoms with van der Waals surface area (Å²) < 4.78 is 5.61. The van der Waals surface area contributed by atoms with Crippen LogP contribution in [-0.4, -0.2) is 27.9 Å². The van der Waals surface area contributed by atoms with E-state index in [4.69, 9.17) is 16.0 Å². The molecule has 0 radical (unpaired) electrons. The van der Waals surface area contributed by atoms with Crippen LogP contribution in [0.5, 0.6) is 0 Å². The molecule has 7 heteroatoms. The third-order valence-corrected chi connectivity index (χ3v) is 5.95. The van der Waals surface area contributed by atoms with Crippen LogP contribution in [0.4, 0.5) is 0 Å². The highest BCUT2D eigenvalue weighted by Crippen LogP contribution is 2.30. The van der Waals surface area contributed by atoms with E-state index in [1.165, 1.54) is 24.6 Å². The highest BCUT2D eigenvalue weighted by Gasteiger charge is 2.28. The predicted octanol–water partition coefficient (Wildman–Crippen LogP) is 4.42. The van der Waals surface area contributed by atoms with Crippen molar-refractivity contribution in [2.75, 3.05) is 5.75 Å². The Labute approximate surface area is 156 Å². The van der Waals surface area contributed by atoms with E-state index in [1.807, 2.05) is 12.1 Å². The SMILES string of the molecule is C[C@@H]1[C@@H](C)CCC[C@H]1NC(=O)CSc1nnc(-c2ccc(Cl)cc2)o1. The fraction of sp³-hybridized carbons (Fsp3) is 0.500. The Kier molecular flexibility index (Phi) is 6.02. The van der Waals surface area contributed by atoms with Crippen LogP contribution < -0.4 is 5.32 Å². The zero-order valence-electron chi connectivity index (χ0n) is 14.4. The summed E-state index contributed by atoms with van der Waals surface area (Å²) in [5, 5.41) is 12.2. The summed E-state index contributed by atoms with van der Waals surface area (Å²) in [4.78, 5) is 12.2. The van der Waals surface area contributed by atoms with E-state index >= 15 is 0 Å². The smallest absolute Gasteiger partial charge is 0.277 e.